The zero-order valence-corrected chi connectivity index (χ0v) is 13.1. The van der Waals surface area contributed by atoms with Crippen LogP contribution in [0.4, 0.5) is 4.39 Å². The summed E-state index contributed by atoms with van der Waals surface area (Å²) >= 11 is 5.98. The molecule has 20 heavy (non-hydrogen) atoms. The quantitative estimate of drug-likeness (QED) is 0.889. The Labute approximate surface area is 126 Å². The molecule has 1 aliphatic heterocycles. The second-order valence-corrected chi connectivity index (χ2v) is 6.36. The van der Waals surface area contributed by atoms with Gasteiger partial charge in [0.25, 0.3) is 0 Å². The maximum Gasteiger partial charge on any atom is 0.127 e. The lowest BCUT2D eigenvalue weighted by molar-refractivity contribution is 0.134. The maximum atomic E-state index is 13.9. The molecular weight excluding hydrogens is 275 g/mol. The Morgan fingerprint density at radius 1 is 1.40 bits per heavy atom. The fourth-order valence-corrected chi connectivity index (χ4v) is 2.95. The van der Waals surface area contributed by atoms with Crippen molar-refractivity contribution in [2.45, 2.75) is 51.7 Å². The van der Waals surface area contributed by atoms with E-state index < -0.39 is 0 Å². The smallest absolute Gasteiger partial charge is 0.127 e. The van der Waals surface area contributed by atoms with Crippen molar-refractivity contribution in [1.82, 2.24) is 10.2 Å². The number of nitrogens with one attached hydrogen (secondary N) is 1. The molecule has 0 aromatic heterocycles. The Hall–Kier alpha value is -0.640. The summed E-state index contributed by atoms with van der Waals surface area (Å²) in [7, 11) is 0. The molecule has 1 aromatic carbocycles. The molecule has 0 amide bonds. The van der Waals surface area contributed by atoms with Crippen molar-refractivity contribution in [2.75, 3.05) is 13.1 Å². The Balaban J connectivity index is 2.02. The highest BCUT2D eigenvalue weighted by atomic mass is 35.5. The molecule has 0 bridgehead atoms. The third-order valence-corrected chi connectivity index (χ3v) is 4.13. The van der Waals surface area contributed by atoms with Crippen molar-refractivity contribution in [3.05, 3.63) is 34.6 Å². The van der Waals surface area contributed by atoms with Crippen LogP contribution in [-0.2, 0) is 6.54 Å². The first kappa shape index (κ1) is 15.7. The summed E-state index contributed by atoms with van der Waals surface area (Å²) in [4.78, 5) is 2.38. The van der Waals surface area contributed by atoms with E-state index in [0.29, 0.717) is 29.2 Å². The van der Waals surface area contributed by atoms with Crippen LogP contribution >= 0.6 is 11.6 Å². The van der Waals surface area contributed by atoms with E-state index in [1.165, 1.54) is 25.3 Å². The predicted molar refractivity (Wildman–Crippen MR) is 82.6 cm³/mol. The number of nitrogens with zero attached hydrogens (tertiary/aromatic N) is 1. The van der Waals surface area contributed by atoms with Gasteiger partial charge in [-0.1, -0.05) is 31.9 Å². The summed E-state index contributed by atoms with van der Waals surface area (Å²) < 4.78 is 13.9. The first-order chi connectivity index (χ1) is 9.56. The third kappa shape index (κ3) is 4.44. The molecule has 1 atom stereocenters. The number of halogens is 2. The molecule has 0 saturated carbocycles. The summed E-state index contributed by atoms with van der Waals surface area (Å²) in [6.45, 7) is 6.97. The fraction of sp³-hybridized carbons (Fsp3) is 0.625. The van der Waals surface area contributed by atoms with Crippen molar-refractivity contribution in [1.29, 1.82) is 0 Å². The molecule has 1 unspecified atom stereocenters. The van der Waals surface area contributed by atoms with Gasteiger partial charge in [0.2, 0.25) is 0 Å². The van der Waals surface area contributed by atoms with Crippen LogP contribution in [0.15, 0.2) is 18.2 Å². The van der Waals surface area contributed by atoms with Crippen LogP contribution in [0, 0.1) is 5.82 Å². The lowest BCUT2D eigenvalue weighted by Gasteiger charge is -2.36. The highest BCUT2D eigenvalue weighted by Crippen LogP contribution is 2.22. The van der Waals surface area contributed by atoms with Gasteiger partial charge in [0, 0.05) is 35.8 Å². The van der Waals surface area contributed by atoms with Crippen molar-refractivity contribution < 1.29 is 4.39 Å². The summed E-state index contributed by atoms with van der Waals surface area (Å²) in [6.07, 6.45) is 3.64. The fourth-order valence-electron chi connectivity index (χ4n) is 2.75. The molecule has 1 N–H and O–H groups in total. The van der Waals surface area contributed by atoms with Gasteiger partial charge in [-0.15, -0.1) is 0 Å². The minimum Gasteiger partial charge on any atom is -0.313 e. The molecule has 112 valence electrons. The van der Waals surface area contributed by atoms with Gasteiger partial charge < -0.3 is 5.32 Å². The third-order valence-electron chi connectivity index (χ3n) is 3.89. The molecule has 1 heterocycles. The second-order valence-electron chi connectivity index (χ2n) is 5.92. The molecule has 1 saturated heterocycles. The molecule has 0 radical (unpaired) electrons. The summed E-state index contributed by atoms with van der Waals surface area (Å²) in [6, 6.07) is 5.79. The van der Waals surface area contributed by atoms with Crippen molar-refractivity contribution in [3.63, 3.8) is 0 Å². The molecular formula is C16H24ClFN2. The molecule has 2 nitrogen and oxygen atoms in total. The normalized spacial score (nSPS) is 20.6. The van der Waals surface area contributed by atoms with Gasteiger partial charge in [-0.3, -0.25) is 4.90 Å². The van der Waals surface area contributed by atoms with E-state index in [0.717, 1.165) is 13.1 Å². The van der Waals surface area contributed by atoms with Crippen LogP contribution < -0.4 is 5.32 Å². The number of benzene rings is 1. The topological polar surface area (TPSA) is 15.3 Å². The van der Waals surface area contributed by atoms with E-state index in [1.807, 2.05) is 0 Å². The average Bonchev–Trinajstić information content (AvgIpc) is 2.42. The first-order valence-electron chi connectivity index (χ1n) is 7.47. The summed E-state index contributed by atoms with van der Waals surface area (Å²) in [5.41, 5.74) is 0.703. The van der Waals surface area contributed by atoms with Gasteiger partial charge in [-0.2, -0.15) is 0 Å². The zero-order chi connectivity index (χ0) is 14.5. The van der Waals surface area contributed by atoms with Crippen LogP contribution in [-0.4, -0.2) is 30.1 Å². The largest absolute Gasteiger partial charge is 0.313 e. The Bertz CT molecular complexity index is 436. The van der Waals surface area contributed by atoms with E-state index >= 15 is 0 Å². The monoisotopic (exact) mass is 298 g/mol. The zero-order valence-electron chi connectivity index (χ0n) is 12.3. The van der Waals surface area contributed by atoms with Crippen LogP contribution in [0.3, 0.4) is 0 Å². The van der Waals surface area contributed by atoms with Crippen LogP contribution in [0.1, 0.15) is 38.7 Å². The summed E-state index contributed by atoms with van der Waals surface area (Å²) in [5.74, 6) is -0.157. The minimum atomic E-state index is -0.157. The number of likely N-dealkylation sites (tertiary alicyclic amines) is 1. The van der Waals surface area contributed by atoms with Gasteiger partial charge in [-0.05, 0) is 37.6 Å². The van der Waals surface area contributed by atoms with Gasteiger partial charge >= 0.3 is 0 Å². The van der Waals surface area contributed by atoms with Crippen LogP contribution in [0.2, 0.25) is 5.02 Å². The van der Waals surface area contributed by atoms with E-state index in [1.54, 1.807) is 12.1 Å². The molecule has 0 spiro atoms. The van der Waals surface area contributed by atoms with Crippen molar-refractivity contribution in [2.24, 2.45) is 0 Å². The van der Waals surface area contributed by atoms with E-state index in [2.05, 4.69) is 24.1 Å². The Morgan fingerprint density at radius 3 is 2.95 bits per heavy atom. The minimum absolute atomic E-state index is 0.157. The second kappa shape index (κ2) is 7.39. The predicted octanol–water partition coefficient (Wildman–Crippen LogP) is 3.83. The van der Waals surface area contributed by atoms with Crippen molar-refractivity contribution in [3.8, 4) is 0 Å². The van der Waals surface area contributed by atoms with E-state index in [9.17, 15) is 4.39 Å². The number of piperidine rings is 1. The Morgan fingerprint density at radius 2 is 2.20 bits per heavy atom. The lowest BCUT2D eigenvalue weighted by atomic mass is 10.0. The highest BCUT2D eigenvalue weighted by Gasteiger charge is 2.23. The van der Waals surface area contributed by atoms with Crippen LogP contribution in [0.25, 0.3) is 0 Å². The Kier molecular flexibility index (Phi) is 5.82. The molecule has 1 fully saturated rings. The molecule has 0 aliphatic carbocycles. The van der Waals surface area contributed by atoms with Gasteiger partial charge in [-0.25, -0.2) is 4.39 Å². The number of hydrogen-bond donors (Lipinski definition) is 1. The van der Waals surface area contributed by atoms with Crippen molar-refractivity contribution >= 4 is 11.6 Å². The maximum absolute atomic E-state index is 13.9. The summed E-state index contributed by atoms with van der Waals surface area (Å²) in [5, 5.41) is 4.10. The van der Waals surface area contributed by atoms with E-state index in [4.69, 9.17) is 11.6 Å². The number of hydrogen-bond acceptors (Lipinski definition) is 2. The standard InChI is InChI=1S/C16H24ClFN2/c1-12(2)19-10-15-5-3-4-8-20(15)11-13-9-14(17)6-7-16(13)18/h6-7,9,12,15,19H,3-5,8,10-11H2,1-2H3. The molecule has 1 aromatic rings. The van der Waals surface area contributed by atoms with Gasteiger partial charge in [0.1, 0.15) is 5.82 Å². The molecule has 1 aliphatic rings. The van der Waals surface area contributed by atoms with Crippen LogP contribution in [0.5, 0.6) is 0 Å². The average molecular weight is 299 g/mol. The lowest BCUT2D eigenvalue weighted by Crippen LogP contribution is -2.46. The molecule has 2 rings (SSSR count). The van der Waals surface area contributed by atoms with E-state index in [-0.39, 0.29) is 5.82 Å². The van der Waals surface area contributed by atoms with Gasteiger partial charge in [0.15, 0.2) is 0 Å². The SMILES string of the molecule is CC(C)NCC1CCCCN1Cc1cc(Cl)ccc1F. The van der Waals surface area contributed by atoms with Gasteiger partial charge in [0.05, 0.1) is 0 Å². The number of rotatable bonds is 5. The highest BCUT2D eigenvalue weighted by molar-refractivity contribution is 6.30. The first-order valence-corrected chi connectivity index (χ1v) is 7.85. The molecule has 4 heteroatoms.